The van der Waals surface area contributed by atoms with Crippen LogP contribution in [0.5, 0.6) is 0 Å². The van der Waals surface area contributed by atoms with Gasteiger partial charge >= 0.3 is 0 Å². The molecule has 7 heteroatoms. The minimum Gasteiger partial charge on any atom is -0.382 e. The van der Waals surface area contributed by atoms with Crippen LogP contribution < -0.4 is 11.5 Å². The molecule has 92 valence electrons. The van der Waals surface area contributed by atoms with E-state index >= 15 is 0 Å². The van der Waals surface area contributed by atoms with Crippen LogP contribution in [0.4, 0.5) is 11.5 Å². The lowest BCUT2D eigenvalue weighted by atomic mass is 10.1. The van der Waals surface area contributed by atoms with Crippen molar-refractivity contribution in [2.45, 2.75) is 6.92 Å². The van der Waals surface area contributed by atoms with E-state index in [0.717, 1.165) is 0 Å². The van der Waals surface area contributed by atoms with Crippen molar-refractivity contribution < 1.29 is 9.42 Å². The molecule has 0 saturated carbocycles. The normalized spacial score (nSPS) is 11.5. The van der Waals surface area contributed by atoms with Gasteiger partial charge in [-0.05, 0) is 29.4 Å². The first kappa shape index (κ1) is 11.8. The SMILES string of the molecule is CC(=O)c1cccc(N=C(N)c2nonc2N)c1. The van der Waals surface area contributed by atoms with Crippen LogP contribution in [0.25, 0.3) is 0 Å². The number of ketones is 1. The van der Waals surface area contributed by atoms with Gasteiger partial charge in [-0.15, -0.1) is 0 Å². The summed E-state index contributed by atoms with van der Waals surface area (Å²) in [6.07, 6.45) is 0. The first-order valence-electron chi connectivity index (χ1n) is 5.11. The van der Waals surface area contributed by atoms with Crippen molar-refractivity contribution >= 4 is 23.1 Å². The number of anilines is 1. The number of benzene rings is 1. The molecule has 0 fully saturated rings. The zero-order valence-corrected chi connectivity index (χ0v) is 9.62. The molecule has 1 aromatic carbocycles. The van der Waals surface area contributed by atoms with Crippen LogP contribution in [0.1, 0.15) is 23.0 Å². The number of hydrogen-bond acceptors (Lipinski definition) is 6. The Bertz CT molecular complexity index is 617. The van der Waals surface area contributed by atoms with Gasteiger partial charge in [-0.3, -0.25) is 4.79 Å². The molecular weight excluding hydrogens is 234 g/mol. The maximum absolute atomic E-state index is 11.2. The molecule has 0 aliphatic rings. The minimum atomic E-state index is -0.0479. The van der Waals surface area contributed by atoms with E-state index in [1.165, 1.54) is 6.92 Å². The predicted molar refractivity (Wildman–Crippen MR) is 65.5 cm³/mol. The number of aliphatic imine (C=N–C) groups is 1. The molecular formula is C11H11N5O2. The molecule has 0 spiro atoms. The molecule has 0 unspecified atom stereocenters. The summed E-state index contributed by atoms with van der Waals surface area (Å²) in [6.45, 7) is 1.48. The third kappa shape index (κ3) is 2.34. The Kier molecular flexibility index (Phi) is 3.05. The average Bonchev–Trinajstić information content (AvgIpc) is 2.76. The van der Waals surface area contributed by atoms with Crippen LogP contribution in [-0.4, -0.2) is 21.9 Å². The molecule has 0 aliphatic carbocycles. The highest BCUT2D eigenvalue weighted by Crippen LogP contribution is 2.16. The number of hydrogen-bond donors (Lipinski definition) is 2. The van der Waals surface area contributed by atoms with Gasteiger partial charge in [0.15, 0.2) is 23.1 Å². The molecule has 4 N–H and O–H groups in total. The molecule has 18 heavy (non-hydrogen) atoms. The number of carbonyl (C=O) groups excluding carboxylic acids is 1. The maximum atomic E-state index is 11.2. The number of rotatable bonds is 3. The van der Waals surface area contributed by atoms with Crippen LogP contribution in [0.3, 0.4) is 0 Å². The number of amidine groups is 1. The summed E-state index contributed by atoms with van der Waals surface area (Å²) in [7, 11) is 0. The molecule has 2 aromatic rings. The van der Waals surface area contributed by atoms with E-state index in [4.69, 9.17) is 11.5 Å². The molecule has 1 aromatic heterocycles. The zero-order chi connectivity index (χ0) is 13.1. The monoisotopic (exact) mass is 245 g/mol. The van der Waals surface area contributed by atoms with Crippen LogP contribution in [0.2, 0.25) is 0 Å². The molecule has 1 heterocycles. The van der Waals surface area contributed by atoms with Crippen molar-refractivity contribution in [1.82, 2.24) is 10.3 Å². The standard InChI is InChI=1S/C11H11N5O2/c1-6(17)7-3-2-4-8(5-7)14-10(12)9-11(13)16-18-15-9/h2-5H,1H3,(H2,12,14)(H2,13,16). The van der Waals surface area contributed by atoms with E-state index in [-0.39, 0.29) is 23.1 Å². The molecule has 2 rings (SSSR count). The Labute approximate surface area is 102 Å². The molecule has 0 aliphatic heterocycles. The van der Waals surface area contributed by atoms with Gasteiger partial charge < -0.3 is 11.5 Å². The second-order valence-corrected chi connectivity index (χ2v) is 3.60. The van der Waals surface area contributed by atoms with E-state index in [0.29, 0.717) is 11.3 Å². The smallest absolute Gasteiger partial charge is 0.199 e. The van der Waals surface area contributed by atoms with E-state index < -0.39 is 0 Å². The summed E-state index contributed by atoms with van der Waals surface area (Å²) in [5.74, 6) is 0.0988. The molecule has 0 saturated heterocycles. The Morgan fingerprint density at radius 1 is 1.39 bits per heavy atom. The van der Waals surface area contributed by atoms with Gasteiger partial charge in [0.1, 0.15) is 0 Å². The number of Topliss-reactive ketones (excluding diaryl/α,β-unsaturated/α-hetero) is 1. The quantitative estimate of drug-likeness (QED) is 0.470. The Morgan fingerprint density at radius 2 is 2.17 bits per heavy atom. The lowest BCUT2D eigenvalue weighted by molar-refractivity contribution is 0.101. The fourth-order valence-electron chi connectivity index (χ4n) is 1.36. The van der Waals surface area contributed by atoms with Gasteiger partial charge in [0, 0.05) is 5.56 Å². The predicted octanol–water partition coefficient (Wildman–Crippen LogP) is 0.891. The summed E-state index contributed by atoms with van der Waals surface area (Å²) in [5, 5.41) is 6.94. The highest BCUT2D eigenvalue weighted by atomic mass is 16.6. The highest BCUT2D eigenvalue weighted by Gasteiger charge is 2.10. The summed E-state index contributed by atoms with van der Waals surface area (Å²) in [6, 6.07) is 6.75. The van der Waals surface area contributed by atoms with Gasteiger partial charge in [-0.25, -0.2) is 9.62 Å². The van der Waals surface area contributed by atoms with Gasteiger partial charge in [0.2, 0.25) is 0 Å². The number of aromatic nitrogens is 2. The Morgan fingerprint density at radius 3 is 2.78 bits per heavy atom. The number of nitrogens with zero attached hydrogens (tertiary/aromatic N) is 3. The van der Waals surface area contributed by atoms with Crippen molar-refractivity contribution in [3.8, 4) is 0 Å². The fourth-order valence-corrected chi connectivity index (χ4v) is 1.36. The lowest BCUT2D eigenvalue weighted by Crippen LogP contribution is -2.15. The van der Waals surface area contributed by atoms with E-state index in [9.17, 15) is 4.79 Å². The lowest BCUT2D eigenvalue weighted by Gasteiger charge is -1.99. The molecule has 7 nitrogen and oxygen atoms in total. The van der Waals surface area contributed by atoms with Crippen molar-refractivity contribution in [2.24, 2.45) is 10.7 Å². The van der Waals surface area contributed by atoms with Crippen LogP contribution >= 0.6 is 0 Å². The van der Waals surface area contributed by atoms with Gasteiger partial charge in [-0.2, -0.15) is 0 Å². The summed E-state index contributed by atoms with van der Waals surface area (Å²) in [4.78, 5) is 15.3. The fraction of sp³-hybridized carbons (Fsp3) is 0.0909. The second kappa shape index (κ2) is 4.66. The Hall–Kier alpha value is -2.70. The van der Waals surface area contributed by atoms with Crippen molar-refractivity contribution in [2.75, 3.05) is 5.73 Å². The van der Waals surface area contributed by atoms with Gasteiger partial charge in [0.05, 0.1) is 5.69 Å². The average molecular weight is 245 g/mol. The minimum absolute atomic E-state index is 0.0479. The third-order valence-electron chi connectivity index (χ3n) is 2.26. The summed E-state index contributed by atoms with van der Waals surface area (Å²) in [5.41, 5.74) is 12.5. The number of nitrogen functional groups attached to an aromatic ring is 1. The van der Waals surface area contributed by atoms with Crippen molar-refractivity contribution in [3.63, 3.8) is 0 Å². The first-order chi connectivity index (χ1) is 8.58. The largest absolute Gasteiger partial charge is 0.382 e. The summed E-state index contributed by atoms with van der Waals surface area (Å²) < 4.78 is 4.43. The number of carbonyl (C=O) groups is 1. The number of nitrogens with two attached hydrogens (primary N) is 2. The highest BCUT2D eigenvalue weighted by molar-refractivity contribution is 6.01. The van der Waals surface area contributed by atoms with E-state index in [1.807, 2.05) is 0 Å². The second-order valence-electron chi connectivity index (χ2n) is 3.60. The molecule has 0 amide bonds. The maximum Gasteiger partial charge on any atom is 0.199 e. The van der Waals surface area contributed by atoms with Gasteiger partial charge in [-0.1, -0.05) is 12.1 Å². The first-order valence-corrected chi connectivity index (χ1v) is 5.11. The van der Waals surface area contributed by atoms with E-state index in [1.54, 1.807) is 24.3 Å². The van der Waals surface area contributed by atoms with Crippen LogP contribution in [0, 0.1) is 0 Å². The van der Waals surface area contributed by atoms with E-state index in [2.05, 4.69) is 19.9 Å². The van der Waals surface area contributed by atoms with Crippen LogP contribution in [-0.2, 0) is 0 Å². The van der Waals surface area contributed by atoms with Crippen molar-refractivity contribution in [3.05, 3.63) is 35.5 Å². The molecule has 0 radical (unpaired) electrons. The molecule has 0 bridgehead atoms. The molecule has 0 atom stereocenters. The third-order valence-corrected chi connectivity index (χ3v) is 2.26. The Balaban J connectivity index is 2.36. The van der Waals surface area contributed by atoms with Crippen LogP contribution in [0.15, 0.2) is 33.9 Å². The van der Waals surface area contributed by atoms with Gasteiger partial charge in [0.25, 0.3) is 0 Å². The van der Waals surface area contributed by atoms with Crippen molar-refractivity contribution in [1.29, 1.82) is 0 Å². The summed E-state index contributed by atoms with van der Waals surface area (Å²) >= 11 is 0. The topological polar surface area (TPSA) is 120 Å². The zero-order valence-electron chi connectivity index (χ0n) is 9.62.